The Balaban J connectivity index is 2.66. The number of aliphatic hydroxyl groups excluding tert-OH is 2. The zero-order chi connectivity index (χ0) is 10.0. The van der Waals surface area contributed by atoms with Gasteiger partial charge in [0, 0.05) is 13.0 Å². The third kappa shape index (κ3) is 2.00. The third-order valence-electron chi connectivity index (χ3n) is 2.56. The van der Waals surface area contributed by atoms with Crippen molar-refractivity contribution in [3.05, 3.63) is 0 Å². The quantitative estimate of drug-likeness (QED) is 0.504. The molecular weight excluding hydrogens is 174 g/mol. The number of methoxy groups -OCH3 is 1. The normalized spacial score (nSPS) is 46.4. The Morgan fingerprint density at radius 2 is 2.15 bits per heavy atom. The van der Waals surface area contributed by atoms with Crippen LogP contribution in [0.5, 0.6) is 0 Å². The standard InChI is InChI=1S/C8H17NO4/c1-4-6(9)8(12-2)13-5(3-10)7(4)11/h4-8,10-11H,3,9H2,1-2H3/t4?,5?,6?,7-,8-/m0/s1. The Hall–Kier alpha value is -0.200. The molecule has 0 aromatic rings. The molecule has 13 heavy (non-hydrogen) atoms. The lowest BCUT2D eigenvalue weighted by atomic mass is 9.89. The first kappa shape index (κ1) is 10.9. The fourth-order valence-corrected chi connectivity index (χ4v) is 1.52. The lowest BCUT2D eigenvalue weighted by Gasteiger charge is -2.40. The van der Waals surface area contributed by atoms with Crippen LogP contribution in [0.3, 0.4) is 0 Å². The topological polar surface area (TPSA) is 84.9 Å². The van der Waals surface area contributed by atoms with Gasteiger partial charge in [0.1, 0.15) is 6.10 Å². The van der Waals surface area contributed by atoms with Crippen molar-refractivity contribution in [1.29, 1.82) is 0 Å². The summed E-state index contributed by atoms with van der Waals surface area (Å²) in [7, 11) is 1.49. The van der Waals surface area contributed by atoms with Gasteiger partial charge in [0.15, 0.2) is 6.29 Å². The summed E-state index contributed by atoms with van der Waals surface area (Å²) in [5.41, 5.74) is 5.75. The van der Waals surface area contributed by atoms with Crippen molar-refractivity contribution >= 4 is 0 Å². The molecule has 1 heterocycles. The Kier molecular flexibility index (Phi) is 3.63. The second-order valence-electron chi connectivity index (χ2n) is 3.39. The fourth-order valence-electron chi connectivity index (χ4n) is 1.52. The van der Waals surface area contributed by atoms with Crippen LogP contribution < -0.4 is 5.73 Å². The van der Waals surface area contributed by atoms with Crippen LogP contribution in [-0.2, 0) is 9.47 Å². The average Bonchev–Trinajstić information content (AvgIpc) is 2.15. The molecule has 0 saturated carbocycles. The van der Waals surface area contributed by atoms with E-state index in [1.807, 2.05) is 6.92 Å². The smallest absolute Gasteiger partial charge is 0.173 e. The van der Waals surface area contributed by atoms with Crippen molar-refractivity contribution < 1.29 is 19.7 Å². The third-order valence-corrected chi connectivity index (χ3v) is 2.56. The average molecular weight is 191 g/mol. The predicted octanol–water partition coefficient (Wildman–Crippen LogP) is -1.33. The maximum Gasteiger partial charge on any atom is 0.173 e. The van der Waals surface area contributed by atoms with Crippen molar-refractivity contribution in [2.45, 2.75) is 31.5 Å². The highest BCUT2D eigenvalue weighted by Gasteiger charge is 2.40. The molecule has 0 amide bonds. The van der Waals surface area contributed by atoms with E-state index < -0.39 is 18.5 Å². The molecule has 5 atom stereocenters. The minimum Gasteiger partial charge on any atom is -0.394 e. The second kappa shape index (κ2) is 4.34. The molecule has 5 nitrogen and oxygen atoms in total. The maximum atomic E-state index is 9.60. The Labute approximate surface area is 77.4 Å². The molecule has 1 aliphatic heterocycles. The minimum absolute atomic E-state index is 0.143. The van der Waals surface area contributed by atoms with Crippen LogP contribution in [0.1, 0.15) is 6.92 Å². The highest BCUT2D eigenvalue weighted by atomic mass is 16.7. The van der Waals surface area contributed by atoms with Crippen molar-refractivity contribution in [3.63, 3.8) is 0 Å². The number of hydrogen-bond donors (Lipinski definition) is 3. The molecule has 0 bridgehead atoms. The molecule has 1 rings (SSSR count). The van der Waals surface area contributed by atoms with Crippen LogP contribution in [0, 0.1) is 5.92 Å². The number of aliphatic hydroxyl groups is 2. The van der Waals surface area contributed by atoms with E-state index in [-0.39, 0.29) is 18.6 Å². The van der Waals surface area contributed by atoms with E-state index in [1.54, 1.807) is 0 Å². The predicted molar refractivity (Wildman–Crippen MR) is 45.9 cm³/mol. The summed E-state index contributed by atoms with van der Waals surface area (Å²) < 4.78 is 10.2. The molecule has 0 radical (unpaired) electrons. The van der Waals surface area contributed by atoms with E-state index in [1.165, 1.54) is 7.11 Å². The minimum atomic E-state index is -0.730. The molecule has 0 aliphatic carbocycles. The molecular formula is C8H17NO4. The molecule has 4 N–H and O–H groups in total. The van der Waals surface area contributed by atoms with Gasteiger partial charge in [-0.05, 0) is 0 Å². The summed E-state index contributed by atoms with van der Waals surface area (Å²) in [5.74, 6) is -0.143. The SMILES string of the molecule is CO[C@H]1OC(CO)[C@@H](O)C(C)C1N. The lowest BCUT2D eigenvalue weighted by Crippen LogP contribution is -2.58. The van der Waals surface area contributed by atoms with E-state index in [0.717, 1.165) is 0 Å². The zero-order valence-corrected chi connectivity index (χ0v) is 7.88. The van der Waals surface area contributed by atoms with E-state index in [0.29, 0.717) is 0 Å². The zero-order valence-electron chi connectivity index (χ0n) is 7.88. The van der Waals surface area contributed by atoms with Gasteiger partial charge in [0.25, 0.3) is 0 Å². The van der Waals surface area contributed by atoms with Gasteiger partial charge in [-0.1, -0.05) is 6.92 Å². The van der Waals surface area contributed by atoms with Gasteiger partial charge in [-0.15, -0.1) is 0 Å². The van der Waals surface area contributed by atoms with Gasteiger partial charge < -0.3 is 25.4 Å². The summed E-state index contributed by atoms with van der Waals surface area (Å²) >= 11 is 0. The van der Waals surface area contributed by atoms with Crippen LogP contribution in [0.2, 0.25) is 0 Å². The van der Waals surface area contributed by atoms with E-state index >= 15 is 0 Å². The summed E-state index contributed by atoms with van der Waals surface area (Å²) in [4.78, 5) is 0. The largest absolute Gasteiger partial charge is 0.394 e. The van der Waals surface area contributed by atoms with Gasteiger partial charge in [0.2, 0.25) is 0 Å². The summed E-state index contributed by atoms with van der Waals surface area (Å²) in [5, 5.41) is 18.5. The van der Waals surface area contributed by atoms with Crippen molar-refractivity contribution in [1.82, 2.24) is 0 Å². The number of ether oxygens (including phenoxy) is 2. The molecule has 5 heteroatoms. The second-order valence-corrected chi connectivity index (χ2v) is 3.39. The van der Waals surface area contributed by atoms with Crippen LogP contribution in [0.25, 0.3) is 0 Å². The number of nitrogens with two attached hydrogens (primary N) is 1. The van der Waals surface area contributed by atoms with Crippen LogP contribution >= 0.6 is 0 Å². The summed E-state index contributed by atoms with van der Waals surface area (Å²) in [6.07, 6.45) is -1.87. The van der Waals surface area contributed by atoms with Crippen LogP contribution in [0.4, 0.5) is 0 Å². The van der Waals surface area contributed by atoms with Gasteiger partial charge in [-0.3, -0.25) is 0 Å². The van der Waals surface area contributed by atoms with E-state index in [9.17, 15) is 5.11 Å². The maximum absolute atomic E-state index is 9.60. The Morgan fingerprint density at radius 3 is 2.62 bits per heavy atom. The van der Waals surface area contributed by atoms with Crippen LogP contribution in [-0.4, -0.2) is 48.5 Å². The fraction of sp³-hybridized carbons (Fsp3) is 1.00. The molecule has 1 fully saturated rings. The molecule has 78 valence electrons. The highest BCUT2D eigenvalue weighted by molar-refractivity contribution is 4.88. The van der Waals surface area contributed by atoms with Gasteiger partial charge in [0.05, 0.1) is 18.8 Å². The van der Waals surface area contributed by atoms with E-state index in [4.69, 9.17) is 20.3 Å². The Bertz CT molecular complexity index is 146. The van der Waals surface area contributed by atoms with Crippen molar-refractivity contribution in [2.75, 3.05) is 13.7 Å². The molecule has 0 aromatic heterocycles. The first-order chi connectivity index (χ1) is 6.11. The summed E-state index contributed by atoms with van der Waals surface area (Å²) in [6, 6.07) is -0.359. The highest BCUT2D eigenvalue weighted by Crippen LogP contribution is 2.24. The van der Waals surface area contributed by atoms with Gasteiger partial charge in [-0.25, -0.2) is 0 Å². The molecule has 0 aromatic carbocycles. The monoisotopic (exact) mass is 191 g/mol. The Morgan fingerprint density at radius 1 is 1.54 bits per heavy atom. The van der Waals surface area contributed by atoms with E-state index in [2.05, 4.69) is 0 Å². The first-order valence-electron chi connectivity index (χ1n) is 4.34. The van der Waals surface area contributed by atoms with Crippen LogP contribution in [0.15, 0.2) is 0 Å². The molecule has 0 spiro atoms. The molecule has 1 saturated heterocycles. The van der Waals surface area contributed by atoms with Crippen molar-refractivity contribution in [3.8, 4) is 0 Å². The van der Waals surface area contributed by atoms with Gasteiger partial charge in [-0.2, -0.15) is 0 Å². The molecule has 3 unspecified atom stereocenters. The van der Waals surface area contributed by atoms with Crippen molar-refractivity contribution in [2.24, 2.45) is 11.7 Å². The number of rotatable bonds is 2. The first-order valence-corrected chi connectivity index (χ1v) is 4.34. The van der Waals surface area contributed by atoms with Gasteiger partial charge >= 0.3 is 0 Å². The summed E-state index contributed by atoms with van der Waals surface area (Å²) in [6.45, 7) is 1.59. The number of hydrogen-bond acceptors (Lipinski definition) is 5. The lowest BCUT2D eigenvalue weighted by molar-refractivity contribution is -0.243. The molecule has 1 aliphatic rings.